The van der Waals surface area contributed by atoms with E-state index in [4.69, 9.17) is 5.73 Å². The van der Waals surface area contributed by atoms with Crippen molar-refractivity contribution >= 4 is 0 Å². The minimum Gasteiger partial charge on any atom is -0.322 e. The molecule has 6 heteroatoms. The molecule has 0 saturated heterocycles. The van der Waals surface area contributed by atoms with E-state index in [1.165, 1.54) is 18.2 Å². The Labute approximate surface area is 83.6 Å². The molecule has 1 rings (SSSR count). The van der Waals surface area contributed by atoms with Gasteiger partial charge in [-0.3, -0.25) is 4.74 Å². The van der Waals surface area contributed by atoms with E-state index in [-0.39, 0.29) is 5.56 Å². The molecular weight excluding hydrogens is 214 g/mol. The fourth-order valence-corrected chi connectivity index (χ4v) is 1.05. The summed E-state index contributed by atoms with van der Waals surface area (Å²) in [6.07, 6.45) is -4.75. The molecule has 2 N–H and O–H groups in total. The van der Waals surface area contributed by atoms with Gasteiger partial charge in [-0.25, -0.2) is 4.39 Å². The highest BCUT2D eigenvalue weighted by Crippen LogP contribution is 2.20. The summed E-state index contributed by atoms with van der Waals surface area (Å²) >= 11 is 0. The second kappa shape index (κ2) is 4.59. The predicted octanol–water partition coefficient (Wildman–Crippen LogP) is 2.36. The van der Waals surface area contributed by atoms with Crippen LogP contribution in [0.3, 0.4) is 0 Å². The first-order valence-corrected chi connectivity index (χ1v) is 4.11. The molecule has 1 atom stereocenters. The zero-order valence-corrected chi connectivity index (χ0v) is 7.59. The molecule has 0 saturated carbocycles. The van der Waals surface area contributed by atoms with Gasteiger partial charge in [0.1, 0.15) is 5.82 Å². The fourth-order valence-electron chi connectivity index (χ4n) is 1.05. The monoisotopic (exact) mass is 223 g/mol. The van der Waals surface area contributed by atoms with Crippen LogP contribution in [-0.2, 0) is 4.74 Å². The van der Waals surface area contributed by atoms with E-state index in [1.54, 1.807) is 0 Å². The van der Waals surface area contributed by atoms with E-state index in [0.29, 0.717) is 0 Å². The van der Waals surface area contributed by atoms with Crippen molar-refractivity contribution in [1.82, 2.24) is 0 Å². The molecule has 84 valence electrons. The van der Waals surface area contributed by atoms with Crippen molar-refractivity contribution < 1.29 is 22.3 Å². The van der Waals surface area contributed by atoms with Gasteiger partial charge in [-0.1, -0.05) is 18.2 Å². The second-order valence-electron chi connectivity index (χ2n) is 2.88. The molecule has 0 heterocycles. The summed E-state index contributed by atoms with van der Waals surface area (Å²) in [7, 11) is 0. The lowest BCUT2D eigenvalue weighted by molar-refractivity contribution is -0.326. The van der Waals surface area contributed by atoms with Crippen LogP contribution in [0.1, 0.15) is 11.6 Å². The summed E-state index contributed by atoms with van der Waals surface area (Å²) in [5.74, 6) is -0.643. The first-order chi connectivity index (χ1) is 6.90. The van der Waals surface area contributed by atoms with Gasteiger partial charge >= 0.3 is 6.36 Å². The van der Waals surface area contributed by atoms with Crippen molar-refractivity contribution in [3.05, 3.63) is 35.6 Å². The van der Waals surface area contributed by atoms with Crippen LogP contribution in [0, 0.1) is 5.82 Å². The van der Waals surface area contributed by atoms with Crippen molar-refractivity contribution in [2.75, 3.05) is 6.61 Å². The third-order valence-electron chi connectivity index (χ3n) is 1.73. The Morgan fingerprint density at radius 1 is 1.27 bits per heavy atom. The van der Waals surface area contributed by atoms with Crippen molar-refractivity contribution in [3.63, 3.8) is 0 Å². The molecule has 0 aromatic heterocycles. The molecular formula is C9H9F4NO. The van der Waals surface area contributed by atoms with Gasteiger partial charge in [0.15, 0.2) is 0 Å². The van der Waals surface area contributed by atoms with E-state index in [2.05, 4.69) is 4.74 Å². The number of hydrogen-bond donors (Lipinski definition) is 1. The topological polar surface area (TPSA) is 35.2 Å². The lowest BCUT2D eigenvalue weighted by atomic mass is 10.1. The Morgan fingerprint density at radius 3 is 2.40 bits per heavy atom. The summed E-state index contributed by atoms with van der Waals surface area (Å²) in [5.41, 5.74) is 5.34. The highest BCUT2D eigenvalue weighted by Gasteiger charge is 2.30. The molecule has 0 fully saturated rings. The molecule has 0 amide bonds. The number of benzene rings is 1. The van der Waals surface area contributed by atoms with Crippen molar-refractivity contribution in [2.45, 2.75) is 12.4 Å². The molecule has 0 aliphatic carbocycles. The number of hydrogen-bond acceptors (Lipinski definition) is 2. The van der Waals surface area contributed by atoms with Crippen molar-refractivity contribution in [2.24, 2.45) is 5.73 Å². The second-order valence-corrected chi connectivity index (χ2v) is 2.88. The maximum atomic E-state index is 13.0. The molecule has 0 bridgehead atoms. The molecule has 2 nitrogen and oxygen atoms in total. The largest absolute Gasteiger partial charge is 0.522 e. The van der Waals surface area contributed by atoms with Gasteiger partial charge in [0.05, 0.1) is 12.6 Å². The summed E-state index contributed by atoms with van der Waals surface area (Å²) in [4.78, 5) is 0. The molecule has 1 aromatic carbocycles. The highest BCUT2D eigenvalue weighted by atomic mass is 19.4. The number of alkyl halides is 3. The molecule has 0 unspecified atom stereocenters. The SMILES string of the molecule is N[C@@H](COC(F)(F)F)c1ccccc1F. The number of rotatable bonds is 3. The Hall–Kier alpha value is -1.14. The van der Waals surface area contributed by atoms with Gasteiger partial charge in [0.2, 0.25) is 0 Å². The third kappa shape index (κ3) is 3.85. The van der Waals surface area contributed by atoms with Crippen LogP contribution in [0.5, 0.6) is 0 Å². The summed E-state index contributed by atoms with van der Waals surface area (Å²) in [6.45, 7) is -0.801. The van der Waals surface area contributed by atoms with Crippen LogP contribution in [0.25, 0.3) is 0 Å². The minimum atomic E-state index is -4.75. The fraction of sp³-hybridized carbons (Fsp3) is 0.333. The Kier molecular flexibility index (Phi) is 3.65. The normalized spacial score (nSPS) is 13.9. The number of nitrogens with two attached hydrogens (primary N) is 1. The molecule has 0 aliphatic rings. The van der Waals surface area contributed by atoms with E-state index in [0.717, 1.165) is 6.07 Å². The average Bonchev–Trinajstić information content (AvgIpc) is 2.14. The van der Waals surface area contributed by atoms with Gasteiger partial charge < -0.3 is 5.73 Å². The van der Waals surface area contributed by atoms with E-state index in [1.807, 2.05) is 0 Å². The minimum absolute atomic E-state index is 0.00162. The molecule has 0 aliphatic heterocycles. The highest BCUT2D eigenvalue weighted by molar-refractivity contribution is 5.20. The molecule has 1 aromatic rings. The Balaban J connectivity index is 2.62. The summed E-state index contributed by atoms with van der Waals surface area (Å²) < 4.78 is 51.5. The van der Waals surface area contributed by atoms with Gasteiger partial charge in [-0.05, 0) is 6.07 Å². The lowest BCUT2D eigenvalue weighted by Crippen LogP contribution is -2.24. The van der Waals surface area contributed by atoms with Crippen molar-refractivity contribution in [3.8, 4) is 0 Å². The first kappa shape index (κ1) is 11.9. The van der Waals surface area contributed by atoms with Crippen LogP contribution in [0.15, 0.2) is 24.3 Å². The van der Waals surface area contributed by atoms with Gasteiger partial charge in [-0.15, -0.1) is 13.2 Å². The van der Waals surface area contributed by atoms with Crippen LogP contribution in [-0.4, -0.2) is 13.0 Å². The molecule has 0 spiro atoms. The third-order valence-corrected chi connectivity index (χ3v) is 1.73. The quantitative estimate of drug-likeness (QED) is 0.798. The lowest BCUT2D eigenvalue weighted by Gasteiger charge is -2.14. The first-order valence-electron chi connectivity index (χ1n) is 4.11. The predicted molar refractivity (Wildman–Crippen MR) is 45.3 cm³/mol. The van der Waals surface area contributed by atoms with Crippen molar-refractivity contribution in [1.29, 1.82) is 0 Å². The zero-order chi connectivity index (χ0) is 11.5. The average molecular weight is 223 g/mol. The van der Waals surface area contributed by atoms with Gasteiger partial charge in [-0.2, -0.15) is 0 Å². The van der Waals surface area contributed by atoms with Crippen LogP contribution < -0.4 is 5.73 Å². The standard InChI is InChI=1S/C9H9F4NO/c10-7-4-2-1-3-6(7)8(14)5-15-9(11,12)13/h1-4,8H,5,14H2/t8-/m0/s1. The Morgan fingerprint density at radius 2 is 1.87 bits per heavy atom. The van der Waals surface area contributed by atoms with E-state index >= 15 is 0 Å². The molecule has 15 heavy (non-hydrogen) atoms. The number of halogens is 4. The van der Waals surface area contributed by atoms with Gasteiger partial charge in [0.25, 0.3) is 0 Å². The summed E-state index contributed by atoms with van der Waals surface area (Å²) in [5, 5.41) is 0. The van der Waals surface area contributed by atoms with Gasteiger partial charge in [0, 0.05) is 5.56 Å². The maximum Gasteiger partial charge on any atom is 0.522 e. The van der Waals surface area contributed by atoms with E-state index < -0.39 is 24.8 Å². The van der Waals surface area contributed by atoms with Crippen LogP contribution in [0.4, 0.5) is 17.6 Å². The zero-order valence-electron chi connectivity index (χ0n) is 7.59. The molecule has 0 radical (unpaired) electrons. The maximum absolute atomic E-state index is 13.0. The summed E-state index contributed by atoms with van der Waals surface area (Å²) in [6, 6.07) is 4.23. The van der Waals surface area contributed by atoms with E-state index in [9.17, 15) is 17.6 Å². The Bertz CT molecular complexity index is 326. The number of ether oxygens (including phenoxy) is 1. The van der Waals surface area contributed by atoms with Crippen LogP contribution in [0.2, 0.25) is 0 Å². The smallest absolute Gasteiger partial charge is 0.322 e. The van der Waals surface area contributed by atoms with Crippen LogP contribution >= 0.6 is 0 Å².